The summed E-state index contributed by atoms with van der Waals surface area (Å²) >= 11 is 3.39. The van der Waals surface area contributed by atoms with Gasteiger partial charge in [0.25, 0.3) is 5.91 Å². The summed E-state index contributed by atoms with van der Waals surface area (Å²) in [6.07, 6.45) is 0.718. The van der Waals surface area contributed by atoms with Crippen molar-refractivity contribution in [3.8, 4) is 11.5 Å². The number of ether oxygens (including phenoxy) is 1. The van der Waals surface area contributed by atoms with Crippen LogP contribution in [0.3, 0.4) is 0 Å². The Balaban J connectivity index is 2.00. The molecule has 1 atom stereocenters. The van der Waals surface area contributed by atoms with Gasteiger partial charge in [-0.2, -0.15) is 0 Å². The first-order chi connectivity index (χ1) is 10.5. The van der Waals surface area contributed by atoms with Crippen LogP contribution < -0.4 is 10.1 Å². The number of phenols is 1. The normalized spacial score (nSPS) is 11.8. The van der Waals surface area contributed by atoms with Gasteiger partial charge in [-0.1, -0.05) is 28.1 Å². The number of rotatable bonds is 5. The molecule has 1 amide bonds. The van der Waals surface area contributed by atoms with Crippen molar-refractivity contribution in [2.45, 2.75) is 19.4 Å². The van der Waals surface area contributed by atoms with Crippen LogP contribution in [0.5, 0.6) is 11.5 Å². The van der Waals surface area contributed by atoms with Crippen LogP contribution in [0.15, 0.2) is 46.9 Å². The van der Waals surface area contributed by atoms with Gasteiger partial charge >= 0.3 is 0 Å². The standard InChI is InChI=1S/C17H18BrNO3/c1-11(9-12-3-5-13(18)6-4-12)19-17(21)15-8-7-14(22-2)10-16(15)20/h3-8,10-11,20H,9H2,1-2H3,(H,19,21). The molecule has 4 nitrogen and oxygen atoms in total. The molecule has 22 heavy (non-hydrogen) atoms. The fourth-order valence-electron chi connectivity index (χ4n) is 2.16. The Bertz CT molecular complexity index is 655. The number of carbonyl (C=O) groups excluding carboxylic acids is 1. The number of aromatic hydroxyl groups is 1. The van der Waals surface area contributed by atoms with E-state index < -0.39 is 0 Å². The maximum absolute atomic E-state index is 12.2. The molecule has 0 aliphatic rings. The summed E-state index contributed by atoms with van der Waals surface area (Å²) in [6.45, 7) is 1.93. The predicted octanol–water partition coefficient (Wildman–Crippen LogP) is 3.52. The molecule has 0 aromatic heterocycles. The number of benzene rings is 2. The Morgan fingerprint density at radius 2 is 1.95 bits per heavy atom. The van der Waals surface area contributed by atoms with Crippen molar-refractivity contribution in [1.82, 2.24) is 5.32 Å². The van der Waals surface area contributed by atoms with E-state index in [2.05, 4.69) is 21.2 Å². The van der Waals surface area contributed by atoms with Gasteiger partial charge in [0.2, 0.25) is 0 Å². The van der Waals surface area contributed by atoms with Gasteiger partial charge in [0.1, 0.15) is 11.5 Å². The van der Waals surface area contributed by atoms with Crippen molar-refractivity contribution in [2.75, 3.05) is 7.11 Å². The molecule has 0 bridgehead atoms. The third kappa shape index (κ3) is 4.24. The number of amides is 1. The first-order valence-corrected chi connectivity index (χ1v) is 7.71. The summed E-state index contributed by atoms with van der Waals surface area (Å²) in [5, 5.41) is 12.8. The number of methoxy groups -OCH3 is 1. The molecule has 2 N–H and O–H groups in total. The van der Waals surface area contributed by atoms with Crippen molar-refractivity contribution >= 4 is 21.8 Å². The minimum absolute atomic E-state index is 0.0461. The monoisotopic (exact) mass is 363 g/mol. The second kappa shape index (κ2) is 7.31. The van der Waals surface area contributed by atoms with Gasteiger partial charge in [0.15, 0.2) is 0 Å². The molecule has 5 heteroatoms. The van der Waals surface area contributed by atoms with Crippen LogP contribution in [0, 0.1) is 0 Å². The lowest BCUT2D eigenvalue weighted by molar-refractivity contribution is 0.0937. The molecule has 0 aliphatic carbocycles. The smallest absolute Gasteiger partial charge is 0.255 e. The summed E-state index contributed by atoms with van der Waals surface area (Å²) in [6, 6.07) is 12.5. The van der Waals surface area contributed by atoms with Gasteiger partial charge in [-0.05, 0) is 43.2 Å². The van der Waals surface area contributed by atoms with E-state index in [1.54, 1.807) is 12.1 Å². The highest BCUT2D eigenvalue weighted by atomic mass is 79.9. The molecule has 0 heterocycles. The van der Waals surface area contributed by atoms with Crippen LogP contribution in [0.25, 0.3) is 0 Å². The van der Waals surface area contributed by atoms with E-state index in [0.717, 1.165) is 16.5 Å². The van der Waals surface area contributed by atoms with Crippen molar-refractivity contribution < 1.29 is 14.6 Å². The molecule has 1 unspecified atom stereocenters. The number of hydrogen-bond donors (Lipinski definition) is 2. The molecule has 116 valence electrons. The van der Waals surface area contributed by atoms with Crippen LogP contribution in [0.2, 0.25) is 0 Å². The summed E-state index contributed by atoms with van der Waals surface area (Å²) in [7, 11) is 1.51. The molecule has 0 spiro atoms. The van der Waals surface area contributed by atoms with E-state index in [4.69, 9.17) is 4.74 Å². The third-order valence-electron chi connectivity index (χ3n) is 3.28. The fourth-order valence-corrected chi connectivity index (χ4v) is 2.42. The van der Waals surface area contributed by atoms with Crippen LogP contribution in [-0.4, -0.2) is 24.2 Å². The number of phenolic OH excluding ortho intramolecular Hbond substituents is 1. The molecular weight excluding hydrogens is 346 g/mol. The van der Waals surface area contributed by atoms with Crippen molar-refractivity contribution in [1.29, 1.82) is 0 Å². The molecular formula is C17H18BrNO3. The van der Waals surface area contributed by atoms with Crippen molar-refractivity contribution in [3.63, 3.8) is 0 Å². The average Bonchev–Trinajstić information content (AvgIpc) is 2.49. The number of nitrogens with one attached hydrogen (secondary N) is 1. The van der Waals surface area contributed by atoms with Crippen molar-refractivity contribution in [2.24, 2.45) is 0 Å². The molecule has 0 radical (unpaired) electrons. The topological polar surface area (TPSA) is 58.6 Å². The lowest BCUT2D eigenvalue weighted by Crippen LogP contribution is -2.34. The van der Waals surface area contributed by atoms with E-state index in [9.17, 15) is 9.90 Å². The summed E-state index contributed by atoms with van der Waals surface area (Å²) in [5.74, 6) is 0.120. The number of carbonyl (C=O) groups is 1. The molecule has 0 saturated carbocycles. The molecule has 2 aromatic rings. The van der Waals surface area contributed by atoms with Gasteiger partial charge in [-0.3, -0.25) is 4.79 Å². The zero-order chi connectivity index (χ0) is 16.1. The maximum atomic E-state index is 12.2. The Labute approximate surface area is 138 Å². The van der Waals surface area contributed by atoms with Gasteiger partial charge < -0.3 is 15.2 Å². The summed E-state index contributed by atoms with van der Waals surface area (Å²) in [4.78, 5) is 12.2. The quantitative estimate of drug-likeness (QED) is 0.854. The van der Waals surface area contributed by atoms with E-state index in [1.165, 1.54) is 13.2 Å². The number of halogens is 1. The van der Waals surface area contributed by atoms with Gasteiger partial charge in [-0.25, -0.2) is 0 Å². The van der Waals surface area contributed by atoms with E-state index >= 15 is 0 Å². The average molecular weight is 364 g/mol. The largest absolute Gasteiger partial charge is 0.507 e. The Kier molecular flexibility index (Phi) is 5.44. The lowest BCUT2D eigenvalue weighted by Gasteiger charge is -2.15. The minimum atomic E-state index is -0.301. The summed E-state index contributed by atoms with van der Waals surface area (Å²) in [5.41, 5.74) is 1.37. The molecule has 2 aromatic carbocycles. The lowest BCUT2D eigenvalue weighted by atomic mass is 10.1. The first-order valence-electron chi connectivity index (χ1n) is 6.92. The minimum Gasteiger partial charge on any atom is -0.507 e. The van der Waals surface area contributed by atoms with Crippen LogP contribution in [0.1, 0.15) is 22.8 Å². The maximum Gasteiger partial charge on any atom is 0.255 e. The SMILES string of the molecule is COc1ccc(C(=O)NC(C)Cc2ccc(Br)cc2)c(O)c1. The Morgan fingerprint density at radius 3 is 2.55 bits per heavy atom. The number of hydrogen-bond acceptors (Lipinski definition) is 3. The second-order valence-electron chi connectivity index (χ2n) is 5.09. The third-order valence-corrected chi connectivity index (χ3v) is 3.81. The van der Waals surface area contributed by atoms with Gasteiger partial charge in [0.05, 0.1) is 12.7 Å². The van der Waals surface area contributed by atoms with Crippen LogP contribution in [-0.2, 0) is 6.42 Å². The van der Waals surface area contributed by atoms with Crippen LogP contribution >= 0.6 is 15.9 Å². The highest BCUT2D eigenvalue weighted by Gasteiger charge is 2.14. The summed E-state index contributed by atoms with van der Waals surface area (Å²) < 4.78 is 6.03. The van der Waals surface area contributed by atoms with Crippen LogP contribution in [0.4, 0.5) is 0 Å². The fraction of sp³-hybridized carbons (Fsp3) is 0.235. The Hall–Kier alpha value is -2.01. The van der Waals surface area contributed by atoms with E-state index in [-0.39, 0.29) is 23.3 Å². The predicted molar refractivity (Wildman–Crippen MR) is 89.4 cm³/mol. The zero-order valence-electron chi connectivity index (χ0n) is 12.5. The van der Waals surface area contributed by atoms with E-state index in [1.807, 2.05) is 31.2 Å². The molecule has 0 fully saturated rings. The second-order valence-corrected chi connectivity index (χ2v) is 6.00. The van der Waals surface area contributed by atoms with Gasteiger partial charge in [0, 0.05) is 16.6 Å². The molecule has 2 rings (SSSR count). The van der Waals surface area contributed by atoms with Crippen molar-refractivity contribution in [3.05, 3.63) is 58.1 Å². The highest BCUT2D eigenvalue weighted by Crippen LogP contribution is 2.23. The Morgan fingerprint density at radius 1 is 1.27 bits per heavy atom. The molecule has 0 aliphatic heterocycles. The molecule has 0 saturated heterocycles. The highest BCUT2D eigenvalue weighted by molar-refractivity contribution is 9.10. The van der Waals surface area contributed by atoms with E-state index in [0.29, 0.717) is 5.75 Å². The van der Waals surface area contributed by atoms with Gasteiger partial charge in [-0.15, -0.1) is 0 Å². The zero-order valence-corrected chi connectivity index (χ0v) is 14.1. The first kappa shape index (κ1) is 16.4.